The third-order valence-corrected chi connectivity index (χ3v) is 5.14. The van der Waals surface area contributed by atoms with Gasteiger partial charge in [-0.15, -0.1) is 0 Å². The zero-order chi connectivity index (χ0) is 26.2. The first-order valence-corrected chi connectivity index (χ1v) is 11.3. The van der Waals surface area contributed by atoms with Crippen molar-refractivity contribution in [3.63, 3.8) is 0 Å². The molecule has 1 rings (SSSR count). The number of benzene rings is 1. The minimum atomic E-state index is -1.25. The number of ketones is 1. The van der Waals surface area contributed by atoms with Crippen molar-refractivity contribution in [1.29, 1.82) is 5.26 Å². The van der Waals surface area contributed by atoms with Gasteiger partial charge in [0.1, 0.15) is 17.9 Å². The van der Waals surface area contributed by atoms with Gasteiger partial charge in [-0.25, -0.2) is 14.4 Å². The minimum absolute atomic E-state index is 0.122. The average Bonchev–Trinajstić information content (AvgIpc) is 2.82. The van der Waals surface area contributed by atoms with Gasteiger partial charge in [0.05, 0.1) is 17.7 Å². The Labute approximate surface area is 202 Å². The smallest absolute Gasteiger partial charge is 0.335 e. The Morgan fingerprint density at radius 2 is 1.37 bits per heavy atom. The number of hydrogen-bond donors (Lipinski definition) is 4. The molecule has 0 saturated carbocycles. The highest BCUT2D eigenvalue weighted by molar-refractivity contribution is 5.94. The fourth-order valence-electron chi connectivity index (χ4n) is 3.25. The van der Waals surface area contributed by atoms with Crippen LogP contribution in [0, 0.1) is 11.3 Å². The molecule has 0 aliphatic rings. The Morgan fingerprint density at radius 1 is 0.829 bits per heavy atom. The number of carboxylic acid groups (broad SMARTS) is 3. The Hall–Kier alpha value is -3.94. The molecule has 1 aromatic rings. The molecular weight excluding hydrogens is 460 g/mol. The molecule has 35 heavy (non-hydrogen) atoms. The van der Waals surface area contributed by atoms with Crippen LogP contribution in [-0.2, 0) is 14.4 Å². The number of aliphatic carboxylic acids is 1. The van der Waals surface area contributed by atoms with Crippen molar-refractivity contribution in [2.45, 2.75) is 70.3 Å². The van der Waals surface area contributed by atoms with Crippen LogP contribution in [0.3, 0.4) is 0 Å². The van der Waals surface area contributed by atoms with E-state index >= 15 is 0 Å². The number of rotatable bonds is 18. The Balaban J connectivity index is 2.17. The van der Waals surface area contributed by atoms with Crippen molar-refractivity contribution < 1.29 is 44.0 Å². The number of nitrogens with zero attached hydrogens (tertiary/aromatic N) is 1. The molecule has 0 aliphatic carbocycles. The lowest BCUT2D eigenvalue weighted by atomic mass is 10.1. The number of Topliss-reactive ketones (excluding diaryl/α,β-unsaturated/α-hetero) is 1. The first-order valence-electron chi connectivity index (χ1n) is 11.3. The molecule has 4 N–H and O–H groups in total. The van der Waals surface area contributed by atoms with Gasteiger partial charge in [0, 0.05) is 12.8 Å². The molecule has 0 radical (unpaired) electrons. The maximum atomic E-state index is 11.9. The average molecular weight is 491 g/mol. The predicted molar refractivity (Wildman–Crippen MR) is 122 cm³/mol. The van der Waals surface area contributed by atoms with Gasteiger partial charge in [0.2, 0.25) is 11.7 Å². The number of ether oxygens (including phenoxy) is 1. The molecule has 0 bridgehead atoms. The van der Waals surface area contributed by atoms with E-state index < -0.39 is 35.6 Å². The number of hydrogen-bond acceptors (Lipinski definition) is 7. The summed E-state index contributed by atoms with van der Waals surface area (Å²) in [5, 5.41) is 38.1. The summed E-state index contributed by atoms with van der Waals surface area (Å²) in [6, 6.07) is 3.87. The van der Waals surface area contributed by atoms with E-state index in [0.717, 1.165) is 38.2 Å². The van der Waals surface area contributed by atoms with E-state index in [1.54, 1.807) is 0 Å². The van der Waals surface area contributed by atoms with Gasteiger partial charge in [-0.3, -0.25) is 9.59 Å². The standard InChI is InChI=1S/C24H30N2O9/c25-15-18(27)9-10-20(24(33)34)26-21(28)8-6-4-2-1-3-5-7-11-35-19-13-16(22(29)30)12-17(14-19)23(31)32/h12-14,20H,1-11H2,(H,26,28)(H,29,30)(H,31,32)(H,33,34)/t20-/m0/s1. The van der Waals surface area contributed by atoms with Crippen molar-refractivity contribution in [2.24, 2.45) is 0 Å². The molecule has 1 aromatic carbocycles. The summed E-state index contributed by atoms with van der Waals surface area (Å²) in [7, 11) is 0. The molecule has 0 saturated heterocycles. The fraction of sp³-hybridized carbons (Fsp3) is 0.500. The lowest BCUT2D eigenvalue weighted by Gasteiger charge is -2.13. The van der Waals surface area contributed by atoms with Crippen LogP contribution in [0.1, 0.15) is 84.9 Å². The molecule has 0 aliphatic heterocycles. The number of nitrogens with one attached hydrogen (secondary N) is 1. The minimum Gasteiger partial charge on any atom is -0.494 e. The Kier molecular flexibility index (Phi) is 13.1. The molecule has 1 amide bonds. The lowest BCUT2D eigenvalue weighted by molar-refractivity contribution is -0.142. The van der Waals surface area contributed by atoms with Crippen LogP contribution in [0.2, 0.25) is 0 Å². The summed E-state index contributed by atoms with van der Waals surface area (Å²) in [5.74, 6) is -4.64. The van der Waals surface area contributed by atoms with Crippen LogP contribution >= 0.6 is 0 Å². The monoisotopic (exact) mass is 490 g/mol. The van der Waals surface area contributed by atoms with Gasteiger partial charge < -0.3 is 25.4 Å². The second kappa shape index (κ2) is 15.8. The molecule has 11 heteroatoms. The van der Waals surface area contributed by atoms with Gasteiger partial charge in [0.15, 0.2) is 0 Å². The van der Waals surface area contributed by atoms with Gasteiger partial charge >= 0.3 is 17.9 Å². The van der Waals surface area contributed by atoms with Crippen molar-refractivity contribution in [2.75, 3.05) is 6.61 Å². The fourth-order valence-corrected chi connectivity index (χ4v) is 3.25. The molecule has 0 unspecified atom stereocenters. The Bertz CT molecular complexity index is 921. The van der Waals surface area contributed by atoms with E-state index in [0.29, 0.717) is 19.4 Å². The van der Waals surface area contributed by atoms with Crippen LogP contribution in [0.25, 0.3) is 0 Å². The summed E-state index contributed by atoms with van der Waals surface area (Å²) in [6.45, 7) is 0.326. The highest BCUT2D eigenvalue weighted by atomic mass is 16.5. The van der Waals surface area contributed by atoms with E-state index in [1.807, 2.05) is 0 Å². The molecule has 1 atom stereocenters. The second-order valence-electron chi connectivity index (χ2n) is 7.96. The second-order valence-corrected chi connectivity index (χ2v) is 7.96. The summed E-state index contributed by atoms with van der Waals surface area (Å²) < 4.78 is 5.50. The van der Waals surface area contributed by atoms with Gasteiger partial charge in [-0.2, -0.15) is 5.26 Å². The number of amides is 1. The number of carbonyl (C=O) groups excluding carboxylic acids is 2. The quantitative estimate of drug-likeness (QED) is 0.176. The van der Waals surface area contributed by atoms with Crippen LogP contribution in [0.5, 0.6) is 5.75 Å². The third kappa shape index (κ3) is 12.2. The van der Waals surface area contributed by atoms with Gasteiger partial charge in [-0.1, -0.05) is 32.1 Å². The summed E-state index contributed by atoms with van der Waals surface area (Å²) in [4.78, 5) is 56.3. The first-order chi connectivity index (χ1) is 16.6. The zero-order valence-corrected chi connectivity index (χ0v) is 19.3. The predicted octanol–water partition coefficient (Wildman–Crippen LogP) is 3.02. The number of nitriles is 1. The Morgan fingerprint density at radius 3 is 1.89 bits per heavy atom. The summed E-state index contributed by atoms with van der Waals surface area (Å²) in [5.41, 5.74) is -0.303. The largest absolute Gasteiger partial charge is 0.494 e. The summed E-state index contributed by atoms with van der Waals surface area (Å²) >= 11 is 0. The molecule has 0 heterocycles. The van der Waals surface area contributed by atoms with Crippen molar-refractivity contribution >= 4 is 29.6 Å². The van der Waals surface area contributed by atoms with Gasteiger partial charge in [0.25, 0.3) is 0 Å². The number of aromatic carboxylic acids is 2. The van der Waals surface area contributed by atoms with Crippen molar-refractivity contribution in [1.82, 2.24) is 5.32 Å². The zero-order valence-electron chi connectivity index (χ0n) is 19.3. The SMILES string of the molecule is N#CC(=O)CC[C@H](NC(=O)CCCCCCCCCOc1cc(C(=O)O)cc(C(=O)O)c1)C(=O)O. The van der Waals surface area contributed by atoms with Gasteiger partial charge in [-0.05, 0) is 37.5 Å². The van der Waals surface area contributed by atoms with Crippen molar-refractivity contribution in [3.05, 3.63) is 29.3 Å². The number of carbonyl (C=O) groups is 5. The normalized spacial score (nSPS) is 11.2. The maximum Gasteiger partial charge on any atom is 0.335 e. The van der Waals surface area contributed by atoms with Crippen molar-refractivity contribution in [3.8, 4) is 11.8 Å². The third-order valence-electron chi connectivity index (χ3n) is 5.14. The number of unbranched alkanes of at least 4 members (excludes halogenated alkanes) is 6. The molecular formula is C24H30N2O9. The summed E-state index contributed by atoms with van der Waals surface area (Å²) in [6.07, 6.45) is 5.58. The van der Waals surface area contributed by atoms with Crippen LogP contribution in [-0.4, -0.2) is 57.6 Å². The molecule has 0 spiro atoms. The number of carboxylic acids is 3. The van der Waals surface area contributed by atoms with Crippen LogP contribution in [0.15, 0.2) is 18.2 Å². The first kappa shape index (κ1) is 29.1. The molecule has 11 nitrogen and oxygen atoms in total. The van der Waals surface area contributed by atoms with Crippen LogP contribution in [0.4, 0.5) is 0 Å². The van der Waals surface area contributed by atoms with E-state index in [-0.39, 0.29) is 36.1 Å². The highest BCUT2D eigenvalue weighted by Gasteiger charge is 2.20. The highest BCUT2D eigenvalue weighted by Crippen LogP contribution is 2.18. The van der Waals surface area contributed by atoms with E-state index in [4.69, 9.17) is 25.3 Å². The van der Waals surface area contributed by atoms with E-state index in [1.165, 1.54) is 18.2 Å². The maximum absolute atomic E-state index is 11.9. The lowest BCUT2D eigenvalue weighted by Crippen LogP contribution is -2.40. The van der Waals surface area contributed by atoms with E-state index in [2.05, 4.69) is 5.32 Å². The molecule has 0 fully saturated rings. The molecule has 0 aromatic heterocycles. The van der Waals surface area contributed by atoms with E-state index in [9.17, 15) is 24.0 Å². The molecule has 190 valence electrons. The van der Waals surface area contributed by atoms with Crippen LogP contribution < -0.4 is 10.1 Å². The topological polar surface area (TPSA) is 191 Å².